The molecule has 0 bridgehead atoms. The summed E-state index contributed by atoms with van der Waals surface area (Å²) in [6.07, 6.45) is -0.188. The van der Waals surface area contributed by atoms with Gasteiger partial charge >= 0.3 is 11.9 Å². The largest absolute Gasteiger partial charge is 0.478 e. The summed E-state index contributed by atoms with van der Waals surface area (Å²) in [4.78, 5) is 21.5. The van der Waals surface area contributed by atoms with Crippen molar-refractivity contribution in [3.8, 4) is 0 Å². The van der Waals surface area contributed by atoms with Crippen molar-refractivity contribution in [2.75, 3.05) is 12.9 Å². The Kier molecular flexibility index (Phi) is 5.05. The number of aromatic carboxylic acids is 1. The van der Waals surface area contributed by atoms with Crippen LogP contribution in [0, 0.1) is 0 Å². The summed E-state index contributed by atoms with van der Waals surface area (Å²) in [5.74, 6) is -2.17. The summed E-state index contributed by atoms with van der Waals surface area (Å²) in [7, 11) is -2.23. The van der Waals surface area contributed by atoms with Crippen molar-refractivity contribution >= 4 is 21.8 Å². The maximum Gasteiger partial charge on any atom is 0.335 e. The minimum absolute atomic E-state index is 0.0932. The molecule has 1 aromatic carbocycles. The van der Waals surface area contributed by atoms with Crippen molar-refractivity contribution in [1.82, 2.24) is 0 Å². The predicted molar refractivity (Wildman–Crippen MR) is 67.5 cm³/mol. The molecule has 19 heavy (non-hydrogen) atoms. The average Bonchev–Trinajstić information content (AvgIpc) is 2.36. The molecule has 0 heterocycles. The van der Waals surface area contributed by atoms with Gasteiger partial charge in [0.1, 0.15) is 0 Å². The molecule has 0 saturated carbocycles. The maximum absolute atomic E-state index is 11.7. The fourth-order valence-corrected chi connectivity index (χ4v) is 2.73. The third-order valence-electron chi connectivity index (χ3n) is 2.43. The number of methoxy groups -OCH3 is 1. The van der Waals surface area contributed by atoms with Gasteiger partial charge in [-0.25, -0.2) is 13.2 Å². The number of carbonyl (C=O) groups is 2. The number of hydrogen-bond acceptors (Lipinski definition) is 5. The van der Waals surface area contributed by atoms with Crippen molar-refractivity contribution in [2.45, 2.75) is 12.2 Å². The first-order valence-electron chi connectivity index (χ1n) is 5.43. The van der Waals surface area contributed by atoms with E-state index in [1.54, 1.807) is 0 Å². The minimum atomic E-state index is -3.42. The van der Waals surface area contributed by atoms with Gasteiger partial charge in [-0.3, -0.25) is 4.79 Å². The first-order chi connectivity index (χ1) is 8.84. The van der Waals surface area contributed by atoms with Crippen LogP contribution >= 0.6 is 0 Å². The van der Waals surface area contributed by atoms with Crippen LogP contribution in [0.15, 0.2) is 24.3 Å². The van der Waals surface area contributed by atoms with E-state index >= 15 is 0 Å². The van der Waals surface area contributed by atoms with Gasteiger partial charge in [-0.05, 0) is 17.7 Å². The zero-order valence-corrected chi connectivity index (χ0v) is 11.1. The van der Waals surface area contributed by atoms with E-state index in [1.165, 1.54) is 31.4 Å². The summed E-state index contributed by atoms with van der Waals surface area (Å²) in [5.41, 5.74) is 0.575. The molecule has 1 N–H and O–H groups in total. The monoisotopic (exact) mass is 286 g/mol. The molecule has 0 fully saturated rings. The average molecular weight is 286 g/mol. The molecule has 0 aromatic heterocycles. The molecule has 0 aliphatic heterocycles. The lowest BCUT2D eigenvalue weighted by Gasteiger charge is -2.04. The highest BCUT2D eigenvalue weighted by Crippen LogP contribution is 2.10. The Morgan fingerprint density at radius 1 is 1.21 bits per heavy atom. The number of carboxylic acids is 1. The van der Waals surface area contributed by atoms with Crippen LogP contribution in [0.1, 0.15) is 22.3 Å². The third kappa shape index (κ3) is 5.09. The van der Waals surface area contributed by atoms with E-state index in [2.05, 4.69) is 4.74 Å². The SMILES string of the molecule is COC(=O)CCS(=O)(=O)Cc1ccc(C(=O)O)cc1. The van der Waals surface area contributed by atoms with Crippen molar-refractivity contribution < 1.29 is 27.9 Å². The van der Waals surface area contributed by atoms with E-state index in [0.29, 0.717) is 5.56 Å². The molecule has 0 unspecified atom stereocenters. The van der Waals surface area contributed by atoms with Crippen LogP contribution in [0.4, 0.5) is 0 Å². The van der Waals surface area contributed by atoms with E-state index in [-0.39, 0.29) is 23.5 Å². The summed E-state index contributed by atoms with van der Waals surface area (Å²) < 4.78 is 27.8. The Morgan fingerprint density at radius 3 is 2.26 bits per heavy atom. The quantitative estimate of drug-likeness (QED) is 0.779. The zero-order chi connectivity index (χ0) is 14.5. The molecule has 104 valence electrons. The van der Waals surface area contributed by atoms with Gasteiger partial charge < -0.3 is 9.84 Å². The molecule has 0 amide bonds. The molecule has 1 aromatic rings. The number of sulfone groups is 1. The number of ether oxygens (including phenoxy) is 1. The smallest absolute Gasteiger partial charge is 0.335 e. The van der Waals surface area contributed by atoms with Crippen molar-refractivity contribution in [3.05, 3.63) is 35.4 Å². The summed E-state index contributed by atoms with van der Waals surface area (Å²) >= 11 is 0. The Bertz CT molecular complexity index is 558. The van der Waals surface area contributed by atoms with E-state index in [9.17, 15) is 18.0 Å². The number of rotatable bonds is 6. The standard InChI is InChI=1S/C12H14O6S/c1-18-11(13)6-7-19(16,17)8-9-2-4-10(5-3-9)12(14)15/h2-5H,6-8H2,1H3,(H,14,15). The second-order valence-electron chi connectivity index (χ2n) is 3.92. The Balaban J connectivity index is 2.67. The lowest BCUT2D eigenvalue weighted by atomic mass is 10.1. The van der Waals surface area contributed by atoms with E-state index < -0.39 is 21.8 Å². The van der Waals surface area contributed by atoms with Crippen LogP contribution < -0.4 is 0 Å². The lowest BCUT2D eigenvalue weighted by molar-refractivity contribution is -0.140. The van der Waals surface area contributed by atoms with Gasteiger partial charge in [-0.2, -0.15) is 0 Å². The highest BCUT2D eigenvalue weighted by molar-refractivity contribution is 7.90. The number of benzene rings is 1. The van der Waals surface area contributed by atoms with Crippen LogP contribution in [-0.2, 0) is 25.1 Å². The van der Waals surface area contributed by atoms with Crippen LogP contribution in [0.3, 0.4) is 0 Å². The number of carbonyl (C=O) groups excluding carboxylic acids is 1. The molecule has 0 spiro atoms. The number of carboxylic acid groups (broad SMARTS) is 1. The van der Waals surface area contributed by atoms with Crippen LogP contribution in [0.2, 0.25) is 0 Å². The Hall–Kier alpha value is -1.89. The van der Waals surface area contributed by atoms with Gasteiger partial charge in [-0.1, -0.05) is 12.1 Å². The molecule has 6 nitrogen and oxygen atoms in total. The number of esters is 1. The van der Waals surface area contributed by atoms with Crippen molar-refractivity contribution in [2.24, 2.45) is 0 Å². The van der Waals surface area contributed by atoms with Crippen LogP contribution in [-0.4, -0.2) is 38.3 Å². The first-order valence-corrected chi connectivity index (χ1v) is 7.25. The van der Waals surface area contributed by atoms with Crippen molar-refractivity contribution in [3.63, 3.8) is 0 Å². The summed E-state index contributed by atoms with van der Waals surface area (Å²) in [6.45, 7) is 0. The van der Waals surface area contributed by atoms with Crippen molar-refractivity contribution in [1.29, 1.82) is 0 Å². The highest BCUT2D eigenvalue weighted by Gasteiger charge is 2.15. The normalized spacial score (nSPS) is 11.0. The fraction of sp³-hybridized carbons (Fsp3) is 0.333. The van der Waals surface area contributed by atoms with Gasteiger partial charge in [0.25, 0.3) is 0 Å². The zero-order valence-electron chi connectivity index (χ0n) is 10.3. The molecule has 7 heteroatoms. The summed E-state index contributed by atoms with van der Waals surface area (Å²) in [5, 5.41) is 8.71. The Labute approximate surface area is 110 Å². The van der Waals surface area contributed by atoms with E-state index in [1.807, 2.05) is 0 Å². The second-order valence-corrected chi connectivity index (χ2v) is 6.10. The fourth-order valence-electron chi connectivity index (χ4n) is 1.41. The second kappa shape index (κ2) is 6.33. The van der Waals surface area contributed by atoms with Gasteiger partial charge in [0.05, 0.1) is 30.6 Å². The molecule has 0 radical (unpaired) electrons. The van der Waals surface area contributed by atoms with Gasteiger partial charge in [0, 0.05) is 0 Å². The Morgan fingerprint density at radius 2 is 1.79 bits per heavy atom. The van der Waals surface area contributed by atoms with Crippen LogP contribution in [0.5, 0.6) is 0 Å². The number of hydrogen-bond donors (Lipinski definition) is 1. The molecular formula is C12H14O6S. The molecule has 0 aliphatic carbocycles. The third-order valence-corrected chi connectivity index (χ3v) is 4.03. The molecular weight excluding hydrogens is 272 g/mol. The molecule has 1 rings (SSSR count). The van der Waals surface area contributed by atoms with Gasteiger partial charge in [0.2, 0.25) is 0 Å². The van der Waals surface area contributed by atoms with Gasteiger partial charge in [-0.15, -0.1) is 0 Å². The maximum atomic E-state index is 11.7. The summed E-state index contributed by atoms with van der Waals surface area (Å²) in [6, 6.07) is 5.57. The molecule has 0 aliphatic rings. The highest BCUT2D eigenvalue weighted by atomic mass is 32.2. The first kappa shape index (κ1) is 15.2. The molecule has 0 saturated heterocycles. The minimum Gasteiger partial charge on any atom is -0.478 e. The van der Waals surface area contributed by atoms with Gasteiger partial charge in [0.15, 0.2) is 9.84 Å². The topological polar surface area (TPSA) is 97.7 Å². The van der Waals surface area contributed by atoms with E-state index in [4.69, 9.17) is 5.11 Å². The van der Waals surface area contributed by atoms with E-state index in [0.717, 1.165) is 0 Å². The lowest BCUT2D eigenvalue weighted by Crippen LogP contribution is -2.14. The predicted octanol–water partition coefficient (Wildman–Crippen LogP) is 0.863. The van der Waals surface area contributed by atoms with Crippen LogP contribution in [0.25, 0.3) is 0 Å². The molecule has 0 atom stereocenters.